The van der Waals surface area contributed by atoms with Gasteiger partial charge in [0.05, 0.1) is 16.8 Å². The van der Waals surface area contributed by atoms with E-state index in [0.717, 1.165) is 24.5 Å². The molecule has 0 aliphatic carbocycles. The average molecular weight is 512 g/mol. The Hall–Kier alpha value is -3.81. The second-order valence-corrected chi connectivity index (χ2v) is 6.69. The van der Waals surface area contributed by atoms with E-state index in [0.29, 0.717) is 24.3 Å². The molecule has 1 heterocycles. The molecule has 15 heteroatoms. The van der Waals surface area contributed by atoms with Gasteiger partial charge in [-0.05, 0) is 30.3 Å². The summed E-state index contributed by atoms with van der Waals surface area (Å²) >= 11 is 5.83. The van der Waals surface area contributed by atoms with Gasteiger partial charge in [0.25, 0.3) is 5.91 Å². The lowest BCUT2D eigenvalue weighted by atomic mass is 10.1. The zero-order valence-electron chi connectivity index (χ0n) is 16.2. The van der Waals surface area contributed by atoms with Crippen molar-refractivity contribution in [3.8, 4) is 17.2 Å². The Morgan fingerprint density at radius 3 is 2.32 bits per heavy atom. The maximum absolute atomic E-state index is 14.0. The van der Waals surface area contributed by atoms with Crippen LogP contribution in [0.4, 0.5) is 36.4 Å². The SMILES string of the molecule is O=C(Nc1ccn[n+]([O-])c1)c1c(Oc2ccc(OC(F)(F)F)c(F)c2)ccc(C(F)(F)F)c1Cl. The van der Waals surface area contributed by atoms with Gasteiger partial charge in [-0.3, -0.25) is 4.79 Å². The van der Waals surface area contributed by atoms with Crippen LogP contribution in [0.5, 0.6) is 17.2 Å². The van der Waals surface area contributed by atoms with E-state index in [2.05, 4.69) is 15.2 Å². The van der Waals surface area contributed by atoms with E-state index in [-0.39, 0.29) is 10.5 Å². The number of rotatable bonds is 5. The van der Waals surface area contributed by atoms with Crippen molar-refractivity contribution in [1.29, 1.82) is 0 Å². The zero-order valence-corrected chi connectivity index (χ0v) is 16.9. The number of aromatic nitrogens is 2. The van der Waals surface area contributed by atoms with Crippen molar-refractivity contribution < 1.29 is 49.8 Å². The van der Waals surface area contributed by atoms with E-state index in [1.807, 2.05) is 0 Å². The Kier molecular flexibility index (Phi) is 6.72. The lowest BCUT2D eigenvalue weighted by Crippen LogP contribution is -2.30. The van der Waals surface area contributed by atoms with Crippen LogP contribution >= 0.6 is 11.6 Å². The fourth-order valence-corrected chi connectivity index (χ4v) is 2.94. The first kappa shape index (κ1) is 24.8. The molecule has 2 aromatic carbocycles. The zero-order chi connectivity index (χ0) is 25.3. The van der Waals surface area contributed by atoms with Gasteiger partial charge in [-0.15, -0.1) is 13.2 Å². The number of carbonyl (C=O) groups excluding carboxylic acids is 1. The van der Waals surface area contributed by atoms with Crippen molar-refractivity contribution in [2.75, 3.05) is 5.32 Å². The highest BCUT2D eigenvalue weighted by Crippen LogP contribution is 2.41. The van der Waals surface area contributed by atoms with Crippen molar-refractivity contribution in [3.63, 3.8) is 0 Å². The number of hydrogen-bond acceptors (Lipinski definition) is 5. The number of carbonyl (C=O) groups is 1. The van der Waals surface area contributed by atoms with Gasteiger partial charge in [0, 0.05) is 11.2 Å². The van der Waals surface area contributed by atoms with Crippen LogP contribution in [0.25, 0.3) is 0 Å². The first-order valence-electron chi connectivity index (χ1n) is 8.74. The topological polar surface area (TPSA) is 87.4 Å². The molecule has 1 amide bonds. The highest BCUT2D eigenvalue weighted by molar-refractivity contribution is 6.35. The van der Waals surface area contributed by atoms with Crippen LogP contribution in [0.3, 0.4) is 0 Å². The fraction of sp³-hybridized carbons (Fsp3) is 0.105. The molecule has 0 radical (unpaired) electrons. The molecule has 3 aromatic rings. The van der Waals surface area contributed by atoms with Gasteiger partial charge in [-0.2, -0.15) is 13.2 Å². The molecule has 3 rings (SSSR count). The summed E-state index contributed by atoms with van der Waals surface area (Å²) in [6.45, 7) is 0. The minimum Gasteiger partial charge on any atom is -0.594 e. The van der Waals surface area contributed by atoms with Crippen LogP contribution in [0, 0.1) is 11.0 Å². The summed E-state index contributed by atoms with van der Waals surface area (Å²) in [7, 11) is 0. The van der Waals surface area contributed by atoms with E-state index < -0.39 is 57.7 Å². The first-order chi connectivity index (χ1) is 15.7. The number of nitrogens with one attached hydrogen (secondary N) is 1. The third-order valence-corrected chi connectivity index (χ3v) is 4.33. The summed E-state index contributed by atoms with van der Waals surface area (Å²) in [4.78, 5) is 12.8. The Balaban J connectivity index is 2.01. The predicted molar refractivity (Wildman–Crippen MR) is 101 cm³/mol. The van der Waals surface area contributed by atoms with E-state index in [4.69, 9.17) is 16.3 Å². The van der Waals surface area contributed by atoms with Gasteiger partial charge in [0.2, 0.25) is 6.20 Å². The van der Waals surface area contributed by atoms with Crippen LogP contribution in [0.2, 0.25) is 5.02 Å². The number of ether oxygens (including phenoxy) is 2. The smallest absolute Gasteiger partial charge is 0.573 e. The summed E-state index contributed by atoms with van der Waals surface area (Å²) in [6.07, 6.45) is -8.34. The van der Waals surface area contributed by atoms with E-state index in [1.165, 1.54) is 0 Å². The molecule has 0 aliphatic heterocycles. The quantitative estimate of drug-likeness (QED) is 0.279. The number of amides is 1. The Labute approximate surface area is 189 Å². The molecule has 0 aliphatic rings. The number of hydrogen-bond donors (Lipinski definition) is 1. The Bertz CT molecular complexity index is 1240. The molecular formula is C19H9ClF7N3O4. The van der Waals surface area contributed by atoms with Crippen molar-refractivity contribution in [1.82, 2.24) is 5.10 Å². The second kappa shape index (κ2) is 9.21. The molecule has 1 aromatic heterocycles. The normalized spacial score (nSPS) is 11.8. The summed E-state index contributed by atoms with van der Waals surface area (Å²) in [5, 5.41) is 15.6. The number of anilines is 1. The Morgan fingerprint density at radius 1 is 1.06 bits per heavy atom. The maximum Gasteiger partial charge on any atom is 0.573 e. The summed E-state index contributed by atoms with van der Waals surface area (Å²) < 4.78 is 99.5. The van der Waals surface area contributed by atoms with E-state index in [9.17, 15) is 40.7 Å². The molecule has 0 fully saturated rings. The van der Waals surface area contributed by atoms with Crippen molar-refractivity contribution in [2.45, 2.75) is 12.5 Å². The molecule has 0 saturated carbocycles. The minimum atomic E-state index is -5.18. The average Bonchev–Trinajstić information content (AvgIpc) is 2.68. The number of nitrogens with zero attached hydrogens (tertiary/aromatic N) is 2. The van der Waals surface area contributed by atoms with Gasteiger partial charge in [-0.25, -0.2) is 4.39 Å². The Morgan fingerprint density at radius 2 is 1.74 bits per heavy atom. The highest BCUT2D eigenvalue weighted by Gasteiger charge is 2.36. The van der Waals surface area contributed by atoms with Crippen LogP contribution in [0.15, 0.2) is 48.8 Å². The molecular weight excluding hydrogens is 503 g/mol. The largest absolute Gasteiger partial charge is 0.594 e. The molecule has 0 saturated heterocycles. The monoisotopic (exact) mass is 511 g/mol. The number of benzene rings is 2. The minimum absolute atomic E-state index is 0.0636. The van der Waals surface area contributed by atoms with Crippen LogP contribution in [-0.4, -0.2) is 17.4 Å². The number of halogens is 8. The maximum atomic E-state index is 14.0. The molecule has 34 heavy (non-hydrogen) atoms. The van der Waals surface area contributed by atoms with Crippen molar-refractivity contribution in [3.05, 3.63) is 76.0 Å². The molecule has 0 bridgehead atoms. The third-order valence-electron chi connectivity index (χ3n) is 3.93. The standard InChI is InChI=1S/C19H9ClF7N3O4/c20-16-11(18(22,23)24)2-4-14(15(16)17(31)29-9-5-6-28-30(32)8-9)33-10-1-3-13(12(21)7-10)34-19(25,26)27/h1-8H,(H,29,31). The molecule has 180 valence electrons. The summed E-state index contributed by atoms with van der Waals surface area (Å²) in [6, 6.07) is 4.20. The van der Waals surface area contributed by atoms with Gasteiger partial charge in [0.1, 0.15) is 22.7 Å². The van der Waals surface area contributed by atoms with Gasteiger partial charge >= 0.3 is 12.5 Å². The van der Waals surface area contributed by atoms with Gasteiger partial charge in [0.15, 0.2) is 11.6 Å². The summed E-state index contributed by atoms with van der Waals surface area (Å²) in [5.74, 6) is -5.01. The van der Waals surface area contributed by atoms with Crippen LogP contribution in [-0.2, 0) is 6.18 Å². The van der Waals surface area contributed by atoms with Gasteiger partial charge in [-0.1, -0.05) is 16.4 Å². The van der Waals surface area contributed by atoms with Crippen molar-refractivity contribution in [2.24, 2.45) is 0 Å². The molecule has 7 nitrogen and oxygen atoms in total. The molecule has 0 unspecified atom stereocenters. The number of alkyl halides is 6. The molecule has 0 spiro atoms. The molecule has 0 atom stereocenters. The lowest BCUT2D eigenvalue weighted by Gasteiger charge is -2.17. The second-order valence-electron chi connectivity index (χ2n) is 6.31. The van der Waals surface area contributed by atoms with Gasteiger partial charge < -0.3 is 20.0 Å². The fourth-order valence-electron chi connectivity index (χ4n) is 2.60. The first-order valence-corrected chi connectivity index (χ1v) is 9.12. The van der Waals surface area contributed by atoms with E-state index >= 15 is 0 Å². The van der Waals surface area contributed by atoms with Crippen molar-refractivity contribution >= 4 is 23.2 Å². The highest BCUT2D eigenvalue weighted by atomic mass is 35.5. The van der Waals surface area contributed by atoms with E-state index in [1.54, 1.807) is 0 Å². The van der Waals surface area contributed by atoms with Crippen LogP contribution < -0.4 is 19.6 Å². The predicted octanol–water partition coefficient (Wildman–Crippen LogP) is 5.47. The lowest BCUT2D eigenvalue weighted by molar-refractivity contribution is -0.668. The molecule has 1 N–H and O–H groups in total. The van der Waals surface area contributed by atoms with Crippen LogP contribution in [0.1, 0.15) is 15.9 Å². The third kappa shape index (κ3) is 5.95. The summed E-state index contributed by atoms with van der Waals surface area (Å²) in [5.41, 5.74) is -2.41.